The lowest BCUT2D eigenvalue weighted by atomic mass is 10.1. The van der Waals surface area contributed by atoms with E-state index in [-0.39, 0.29) is 12.1 Å². The topological polar surface area (TPSA) is 49.8 Å². The second kappa shape index (κ2) is 12.2. The van der Waals surface area contributed by atoms with Gasteiger partial charge in [-0.2, -0.15) is 0 Å². The van der Waals surface area contributed by atoms with Gasteiger partial charge in [0.05, 0.1) is 6.10 Å². The third-order valence-electron chi connectivity index (χ3n) is 3.01. The van der Waals surface area contributed by atoms with Crippen LogP contribution in [0.4, 0.5) is 0 Å². The van der Waals surface area contributed by atoms with Crippen molar-refractivity contribution in [3.63, 3.8) is 0 Å². The molecular weight excluding hydrogens is 242 g/mol. The highest BCUT2D eigenvalue weighted by Gasteiger charge is 2.10. The van der Waals surface area contributed by atoms with Gasteiger partial charge in [0, 0.05) is 19.2 Å². The molecule has 1 unspecified atom stereocenters. The number of carbonyl (C=O) groups excluding carboxylic acids is 1. The Balaban J connectivity index is 3.78. The van der Waals surface area contributed by atoms with Gasteiger partial charge >= 0.3 is 5.97 Å². The molecule has 0 saturated carbocycles. The lowest BCUT2D eigenvalue weighted by molar-refractivity contribution is -0.138. The van der Waals surface area contributed by atoms with Crippen molar-refractivity contribution in [3.05, 3.63) is 12.2 Å². The van der Waals surface area contributed by atoms with Crippen LogP contribution < -0.4 is 0 Å². The minimum atomic E-state index is -0.304. The van der Waals surface area contributed by atoms with Crippen LogP contribution in [0.3, 0.4) is 0 Å². The average Bonchev–Trinajstić information content (AvgIpc) is 2.38. The van der Waals surface area contributed by atoms with E-state index in [1.54, 1.807) is 13.0 Å². The van der Waals surface area contributed by atoms with Gasteiger partial charge in [-0.05, 0) is 19.9 Å². The Bertz CT molecular complexity index is 254. The van der Waals surface area contributed by atoms with E-state index in [9.17, 15) is 9.90 Å². The molecule has 4 nitrogen and oxygen atoms in total. The van der Waals surface area contributed by atoms with Crippen molar-refractivity contribution >= 4 is 5.97 Å². The summed E-state index contributed by atoms with van der Waals surface area (Å²) < 4.78 is 5.05. The van der Waals surface area contributed by atoms with Crippen molar-refractivity contribution in [2.45, 2.75) is 52.6 Å². The maximum atomic E-state index is 11.1. The van der Waals surface area contributed by atoms with E-state index in [1.807, 2.05) is 6.92 Å². The number of esters is 1. The number of allylic oxidation sites excluding steroid dienone is 1. The number of hydrogen-bond acceptors (Lipinski definition) is 4. The largest absolute Gasteiger partial charge is 0.461 e. The number of aliphatic hydroxyl groups excluding tert-OH is 1. The smallest absolute Gasteiger partial charge is 0.330 e. The van der Waals surface area contributed by atoms with Crippen LogP contribution in [-0.2, 0) is 9.53 Å². The Kier molecular flexibility index (Phi) is 11.6. The molecular formula is C15H29NO3. The Morgan fingerprint density at radius 2 is 2.11 bits per heavy atom. The molecule has 4 heteroatoms. The van der Waals surface area contributed by atoms with Gasteiger partial charge in [-0.25, -0.2) is 4.79 Å². The van der Waals surface area contributed by atoms with Gasteiger partial charge in [-0.15, -0.1) is 0 Å². The molecule has 1 atom stereocenters. The maximum absolute atomic E-state index is 11.1. The third-order valence-corrected chi connectivity index (χ3v) is 3.01. The number of carbonyl (C=O) groups is 1. The summed E-state index contributed by atoms with van der Waals surface area (Å²) in [5, 5.41) is 9.91. The average molecular weight is 271 g/mol. The molecule has 0 aromatic heterocycles. The van der Waals surface area contributed by atoms with Crippen LogP contribution in [0, 0.1) is 0 Å². The lowest BCUT2D eigenvalue weighted by Gasteiger charge is -2.23. The Labute approximate surface area is 117 Å². The molecule has 0 aliphatic heterocycles. The van der Waals surface area contributed by atoms with Gasteiger partial charge in [-0.3, -0.25) is 4.90 Å². The fourth-order valence-corrected chi connectivity index (χ4v) is 1.86. The molecule has 1 N–H and O–H groups in total. The molecule has 112 valence electrons. The first-order valence-electron chi connectivity index (χ1n) is 7.33. The van der Waals surface area contributed by atoms with Crippen molar-refractivity contribution < 1.29 is 14.6 Å². The fraction of sp³-hybridized carbons (Fsp3) is 0.800. The molecule has 0 saturated heterocycles. The monoisotopic (exact) mass is 271 g/mol. The van der Waals surface area contributed by atoms with E-state index in [1.165, 1.54) is 18.9 Å². The van der Waals surface area contributed by atoms with Gasteiger partial charge in [0.2, 0.25) is 0 Å². The summed E-state index contributed by atoms with van der Waals surface area (Å²) in [6, 6.07) is 0. The van der Waals surface area contributed by atoms with Crippen molar-refractivity contribution in [1.82, 2.24) is 4.90 Å². The molecule has 0 spiro atoms. The second-order valence-corrected chi connectivity index (χ2v) is 4.71. The first kappa shape index (κ1) is 18.1. The predicted octanol–water partition coefficient (Wildman–Crippen LogP) is 2.37. The highest BCUT2D eigenvalue weighted by Crippen LogP contribution is 2.05. The molecule has 0 rings (SSSR count). The third kappa shape index (κ3) is 10.7. The SMILES string of the molecule is C/C=C/C(=O)OCCN(CC)CC(O)CCCCC. The summed E-state index contributed by atoms with van der Waals surface area (Å²) in [7, 11) is 0. The van der Waals surface area contributed by atoms with Gasteiger partial charge in [0.15, 0.2) is 0 Å². The van der Waals surface area contributed by atoms with Crippen LogP contribution in [0.2, 0.25) is 0 Å². The molecule has 0 aromatic rings. The van der Waals surface area contributed by atoms with E-state index in [2.05, 4.69) is 11.8 Å². The number of aliphatic hydroxyl groups is 1. The Morgan fingerprint density at radius 3 is 2.68 bits per heavy atom. The lowest BCUT2D eigenvalue weighted by Crippen LogP contribution is -2.35. The van der Waals surface area contributed by atoms with Gasteiger partial charge < -0.3 is 9.84 Å². The molecule has 0 fully saturated rings. The molecule has 0 bridgehead atoms. The standard InChI is InChI=1S/C15H29NO3/c1-4-7-8-10-14(17)13-16(6-3)11-12-19-15(18)9-5-2/h5,9,14,17H,4,6-8,10-13H2,1-3H3/b9-5+. The Hall–Kier alpha value is -0.870. The summed E-state index contributed by atoms with van der Waals surface area (Å²) in [5.74, 6) is -0.304. The minimum Gasteiger partial charge on any atom is -0.461 e. The number of likely N-dealkylation sites (N-methyl/N-ethyl adjacent to an activating group) is 1. The van der Waals surface area contributed by atoms with Crippen LogP contribution in [0.5, 0.6) is 0 Å². The van der Waals surface area contributed by atoms with Crippen LogP contribution in [0.25, 0.3) is 0 Å². The number of unbranched alkanes of at least 4 members (excludes halogenated alkanes) is 2. The molecule has 0 amide bonds. The quantitative estimate of drug-likeness (QED) is 0.356. The van der Waals surface area contributed by atoms with Crippen LogP contribution in [0.1, 0.15) is 46.5 Å². The number of rotatable bonds is 11. The first-order chi connectivity index (χ1) is 9.13. The summed E-state index contributed by atoms with van der Waals surface area (Å²) in [6.45, 7) is 8.54. The predicted molar refractivity (Wildman–Crippen MR) is 78.0 cm³/mol. The van der Waals surface area contributed by atoms with E-state index in [0.29, 0.717) is 19.7 Å². The fourth-order valence-electron chi connectivity index (χ4n) is 1.86. The summed E-state index contributed by atoms with van der Waals surface area (Å²) in [5.41, 5.74) is 0. The van der Waals surface area contributed by atoms with Crippen LogP contribution in [0.15, 0.2) is 12.2 Å². The van der Waals surface area contributed by atoms with E-state index >= 15 is 0 Å². The molecule has 0 aliphatic carbocycles. The van der Waals surface area contributed by atoms with E-state index in [0.717, 1.165) is 19.4 Å². The summed E-state index contributed by atoms with van der Waals surface area (Å²) >= 11 is 0. The van der Waals surface area contributed by atoms with Gasteiger partial charge in [0.1, 0.15) is 6.61 Å². The van der Waals surface area contributed by atoms with Gasteiger partial charge in [0.25, 0.3) is 0 Å². The van der Waals surface area contributed by atoms with E-state index in [4.69, 9.17) is 4.74 Å². The highest BCUT2D eigenvalue weighted by atomic mass is 16.5. The van der Waals surface area contributed by atoms with Gasteiger partial charge in [-0.1, -0.05) is 39.2 Å². The van der Waals surface area contributed by atoms with Crippen molar-refractivity contribution in [1.29, 1.82) is 0 Å². The number of nitrogens with zero attached hydrogens (tertiary/aromatic N) is 1. The zero-order valence-corrected chi connectivity index (χ0v) is 12.6. The zero-order chi connectivity index (χ0) is 14.5. The van der Waals surface area contributed by atoms with Crippen molar-refractivity contribution in [2.75, 3.05) is 26.2 Å². The number of hydrogen-bond donors (Lipinski definition) is 1. The molecule has 0 aromatic carbocycles. The van der Waals surface area contributed by atoms with E-state index < -0.39 is 0 Å². The summed E-state index contributed by atoms with van der Waals surface area (Å²) in [4.78, 5) is 13.2. The van der Waals surface area contributed by atoms with Crippen LogP contribution >= 0.6 is 0 Å². The Morgan fingerprint density at radius 1 is 1.37 bits per heavy atom. The molecule has 0 aliphatic rings. The van der Waals surface area contributed by atoms with Crippen molar-refractivity contribution in [2.24, 2.45) is 0 Å². The molecule has 0 radical (unpaired) electrons. The number of ether oxygens (including phenoxy) is 1. The minimum absolute atomic E-state index is 0.280. The normalized spacial score (nSPS) is 13.1. The highest BCUT2D eigenvalue weighted by molar-refractivity contribution is 5.81. The molecule has 19 heavy (non-hydrogen) atoms. The second-order valence-electron chi connectivity index (χ2n) is 4.71. The zero-order valence-electron chi connectivity index (χ0n) is 12.6. The van der Waals surface area contributed by atoms with Crippen molar-refractivity contribution in [3.8, 4) is 0 Å². The first-order valence-corrected chi connectivity index (χ1v) is 7.33. The van der Waals surface area contributed by atoms with Crippen LogP contribution in [-0.4, -0.2) is 48.3 Å². The maximum Gasteiger partial charge on any atom is 0.330 e. The molecule has 0 heterocycles. The summed E-state index contributed by atoms with van der Waals surface area (Å²) in [6.07, 6.45) is 7.06.